The molecule has 1 amide bonds. The molecule has 0 aromatic heterocycles. The predicted molar refractivity (Wildman–Crippen MR) is 112 cm³/mol. The lowest BCUT2D eigenvalue weighted by atomic mass is 10.1. The Balaban J connectivity index is 1.70. The van der Waals surface area contributed by atoms with Gasteiger partial charge in [-0.15, -0.1) is 0 Å². The number of phenols is 1. The van der Waals surface area contributed by atoms with Crippen molar-refractivity contribution < 1.29 is 14.6 Å². The number of amides is 1. The Labute approximate surface area is 164 Å². The van der Waals surface area contributed by atoms with Crippen LogP contribution in [-0.2, 0) is 11.2 Å². The number of benzene rings is 3. The lowest BCUT2D eigenvalue weighted by molar-refractivity contribution is -0.116. The number of aryl methyl sites for hydroxylation is 3. The van der Waals surface area contributed by atoms with E-state index >= 15 is 0 Å². The third kappa shape index (κ3) is 4.82. The van der Waals surface area contributed by atoms with Crippen molar-refractivity contribution in [3.05, 3.63) is 77.4 Å². The highest BCUT2D eigenvalue weighted by atomic mass is 16.5. The number of carbonyl (C=O) groups excluding carboxylic acids is 1. The number of rotatable bonds is 6. The molecule has 0 atom stereocenters. The number of carbonyl (C=O) groups is 1. The zero-order valence-corrected chi connectivity index (χ0v) is 16.0. The largest absolute Gasteiger partial charge is 0.506 e. The molecule has 0 radical (unpaired) electrons. The first-order valence-electron chi connectivity index (χ1n) is 9.14. The summed E-state index contributed by atoms with van der Waals surface area (Å²) in [7, 11) is 0. The molecule has 3 rings (SSSR count). The Bertz CT molecular complexity index is 961. The minimum Gasteiger partial charge on any atom is -0.506 e. The van der Waals surface area contributed by atoms with Crippen molar-refractivity contribution in [1.29, 1.82) is 0 Å². The second-order valence-corrected chi connectivity index (χ2v) is 6.80. The minimum absolute atomic E-state index is 0.00818. The molecule has 4 N–H and O–H groups in total. The Morgan fingerprint density at radius 1 is 1.04 bits per heavy atom. The minimum atomic E-state index is -0.170. The van der Waals surface area contributed by atoms with Crippen LogP contribution in [0.4, 0.5) is 11.4 Å². The maximum absolute atomic E-state index is 12.3. The normalized spacial score (nSPS) is 10.5. The van der Waals surface area contributed by atoms with Crippen LogP contribution in [0.5, 0.6) is 17.2 Å². The molecule has 3 aromatic carbocycles. The van der Waals surface area contributed by atoms with Gasteiger partial charge in [-0.05, 0) is 61.2 Å². The van der Waals surface area contributed by atoms with Gasteiger partial charge in [0.15, 0.2) is 0 Å². The van der Waals surface area contributed by atoms with Gasteiger partial charge >= 0.3 is 0 Å². The number of aromatic hydroxyl groups is 1. The number of anilines is 2. The lowest BCUT2D eigenvalue weighted by Gasteiger charge is -2.14. The van der Waals surface area contributed by atoms with E-state index in [0.717, 1.165) is 16.7 Å². The highest BCUT2D eigenvalue weighted by Gasteiger charge is 2.11. The van der Waals surface area contributed by atoms with Crippen LogP contribution >= 0.6 is 0 Å². The molecule has 3 aromatic rings. The molecule has 0 aliphatic heterocycles. The summed E-state index contributed by atoms with van der Waals surface area (Å²) >= 11 is 0. The summed E-state index contributed by atoms with van der Waals surface area (Å²) in [6.45, 7) is 3.84. The van der Waals surface area contributed by atoms with E-state index in [-0.39, 0.29) is 11.7 Å². The van der Waals surface area contributed by atoms with E-state index in [1.165, 1.54) is 6.07 Å². The summed E-state index contributed by atoms with van der Waals surface area (Å²) in [6, 6.07) is 18.3. The van der Waals surface area contributed by atoms with Crippen LogP contribution in [0.25, 0.3) is 0 Å². The van der Waals surface area contributed by atoms with Gasteiger partial charge in [0, 0.05) is 18.2 Å². The van der Waals surface area contributed by atoms with Crippen LogP contribution in [0.2, 0.25) is 0 Å². The summed E-state index contributed by atoms with van der Waals surface area (Å²) < 4.78 is 5.98. The van der Waals surface area contributed by atoms with Crippen molar-refractivity contribution in [1.82, 2.24) is 0 Å². The standard InChI is InChI=1S/C23H24N2O3/c1-15-12-18(24)13-16(2)23(15)28-19-9-10-21(26)20(14-19)25-22(27)11-8-17-6-4-3-5-7-17/h3-7,9-10,12-14,26H,8,11,24H2,1-2H3,(H,25,27). The van der Waals surface area contributed by atoms with E-state index in [0.29, 0.717) is 35.7 Å². The molecule has 0 heterocycles. The number of phenolic OH excluding ortho intramolecular Hbond substituents is 1. The summed E-state index contributed by atoms with van der Waals surface area (Å²) in [5, 5.41) is 12.8. The fourth-order valence-corrected chi connectivity index (χ4v) is 3.06. The Hall–Kier alpha value is -3.47. The molecule has 0 bridgehead atoms. The molecule has 0 fully saturated rings. The average Bonchev–Trinajstić information content (AvgIpc) is 2.66. The number of hydrogen-bond donors (Lipinski definition) is 3. The van der Waals surface area contributed by atoms with Gasteiger partial charge in [0.25, 0.3) is 0 Å². The highest BCUT2D eigenvalue weighted by Crippen LogP contribution is 2.34. The van der Waals surface area contributed by atoms with Crippen LogP contribution in [0.1, 0.15) is 23.1 Å². The van der Waals surface area contributed by atoms with E-state index in [1.807, 2.05) is 56.3 Å². The maximum Gasteiger partial charge on any atom is 0.224 e. The molecule has 0 spiro atoms. The fourth-order valence-electron chi connectivity index (χ4n) is 3.06. The predicted octanol–water partition coefficient (Wildman–Crippen LogP) is 4.95. The van der Waals surface area contributed by atoms with Gasteiger partial charge in [-0.3, -0.25) is 4.79 Å². The third-order valence-corrected chi connectivity index (χ3v) is 4.43. The van der Waals surface area contributed by atoms with Gasteiger partial charge in [0.2, 0.25) is 5.91 Å². The first kappa shape index (κ1) is 19.3. The van der Waals surface area contributed by atoms with E-state index in [9.17, 15) is 9.90 Å². The smallest absolute Gasteiger partial charge is 0.224 e. The summed E-state index contributed by atoms with van der Waals surface area (Å²) in [4.78, 5) is 12.3. The molecule has 5 heteroatoms. The molecule has 28 heavy (non-hydrogen) atoms. The Morgan fingerprint density at radius 2 is 1.71 bits per heavy atom. The molecule has 0 aliphatic carbocycles. The number of nitrogen functional groups attached to an aromatic ring is 1. The first-order valence-corrected chi connectivity index (χ1v) is 9.14. The molecule has 0 saturated carbocycles. The van der Waals surface area contributed by atoms with Gasteiger partial charge in [0.1, 0.15) is 17.2 Å². The quantitative estimate of drug-likeness (QED) is 0.419. The van der Waals surface area contributed by atoms with Crippen molar-refractivity contribution in [2.75, 3.05) is 11.1 Å². The van der Waals surface area contributed by atoms with Gasteiger partial charge in [0.05, 0.1) is 5.69 Å². The second kappa shape index (κ2) is 8.48. The number of nitrogens with one attached hydrogen (secondary N) is 1. The fraction of sp³-hybridized carbons (Fsp3) is 0.174. The van der Waals surface area contributed by atoms with Crippen LogP contribution in [-0.4, -0.2) is 11.0 Å². The van der Waals surface area contributed by atoms with E-state index in [2.05, 4.69) is 5.32 Å². The van der Waals surface area contributed by atoms with Crippen molar-refractivity contribution in [3.63, 3.8) is 0 Å². The summed E-state index contributed by atoms with van der Waals surface area (Å²) in [6.07, 6.45) is 0.957. The van der Waals surface area contributed by atoms with Gasteiger partial charge in [-0.2, -0.15) is 0 Å². The average molecular weight is 376 g/mol. The molecular weight excluding hydrogens is 352 g/mol. The van der Waals surface area contributed by atoms with Crippen LogP contribution in [0.15, 0.2) is 60.7 Å². The van der Waals surface area contributed by atoms with Crippen LogP contribution < -0.4 is 15.8 Å². The van der Waals surface area contributed by atoms with Crippen molar-refractivity contribution in [2.45, 2.75) is 26.7 Å². The third-order valence-electron chi connectivity index (χ3n) is 4.43. The molecule has 0 aliphatic rings. The van der Waals surface area contributed by atoms with Crippen LogP contribution in [0, 0.1) is 13.8 Å². The molecule has 5 nitrogen and oxygen atoms in total. The SMILES string of the molecule is Cc1cc(N)cc(C)c1Oc1ccc(O)c(NC(=O)CCc2ccccc2)c1. The molecule has 144 valence electrons. The monoisotopic (exact) mass is 376 g/mol. The lowest BCUT2D eigenvalue weighted by Crippen LogP contribution is -2.12. The highest BCUT2D eigenvalue weighted by molar-refractivity contribution is 5.92. The summed E-state index contributed by atoms with van der Waals surface area (Å²) in [5.74, 6) is 1.05. The molecule has 0 saturated heterocycles. The van der Waals surface area contributed by atoms with Gasteiger partial charge < -0.3 is 20.9 Å². The number of nitrogens with two attached hydrogens (primary N) is 1. The van der Waals surface area contributed by atoms with Crippen LogP contribution in [0.3, 0.4) is 0 Å². The van der Waals surface area contributed by atoms with E-state index in [1.54, 1.807) is 12.1 Å². The number of ether oxygens (including phenoxy) is 1. The zero-order chi connectivity index (χ0) is 20.1. The van der Waals surface area contributed by atoms with Crippen molar-refractivity contribution in [3.8, 4) is 17.2 Å². The Morgan fingerprint density at radius 3 is 2.39 bits per heavy atom. The molecule has 0 unspecified atom stereocenters. The molecular formula is C23H24N2O3. The second-order valence-electron chi connectivity index (χ2n) is 6.80. The van der Waals surface area contributed by atoms with E-state index in [4.69, 9.17) is 10.5 Å². The van der Waals surface area contributed by atoms with Crippen molar-refractivity contribution in [2.24, 2.45) is 0 Å². The maximum atomic E-state index is 12.3. The van der Waals surface area contributed by atoms with Gasteiger partial charge in [-0.1, -0.05) is 30.3 Å². The topological polar surface area (TPSA) is 84.6 Å². The van der Waals surface area contributed by atoms with Crippen molar-refractivity contribution >= 4 is 17.3 Å². The summed E-state index contributed by atoms with van der Waals surface area (Å²) in [5.41, 5.74) is 9.78. The zero-order valence-electron chi connectivity index (χ0n) is 16.0. The van der Waals surface area contributed by atoms with Gasteiger partial charge in [-0.25, -0.2) is 0 Å². The van der Waals surface area contributed by atoms with E-state index < -0.39 is 0 Å². The number of hydrogen-bond acceptors (Lipinski definition) is 4. The Kier molecular flexibility index (Phi) is 5.84. The first-order chi connectivity index (χ1) is 13.4.